The Morgan fingerprint density at radius 1 is 1.35 bits per heavy atom. The van der Waals surface area contributed by atoms with Crippen molar-refractivity contribution in [1.29, 1.82) is 0 Å². The molecule has 2 saturated heterocycles. The predicted octanol–water partition coefficient (Wildman–Crippen LogP) is -0.757. The summed E-state index contributed by atoms with van der Waals surface area (Å²) in [4.78, 5) is 18.5. The minimum absolute atomic E-state index is 0.0333. The van der Waals surface area contributed by atoms with Crippen LogP contribution in [0.25, 0.3) is 0 Å². The largest absolute Gasteiger partial charge is 0.368 e. The Morgan fingerprint density at radius 2 is 2.13 bits per heavy atom. The van der Waals surface area contributed by atoms with E-state index in [0.717, 1.165) is 31.9 Å². The zero-order valence-electron chi connectivity index (χ0n) is 12.7. The quantitative estimate of drug-likeness (QED) is 0.746. The van der Waals surface area contributed by atoms with Crippen molar-refractivity contribution in [2.45, 2.75) is 6.10 Å². The summed E-state index contributed by atoms with van der Waals surface area (Å²) >= 11 is 0. The summed E-state index contributed by atoms with van der Waals surface area (Å²) in [6.45, 7) is 3.76. The first kappa shape index (κ1) is 16.2. The number of sulfone groups is 1. The van der Waals surface area contributed by atoms with Crippen LogP contribution in [0.15, 0.2) is 18.3 Å². The van der Waals surface area contributed by atoms with Gasteiger partial charge in [0.2, 0.25) is 0 Å². The lowest BCUT2D eigenvalue weighted by Gasteiger charge is -2.29. The fraction of sp³-hybridized carbons (Fsp3) is 0.571. The first-order valence-corrected chi connectivity index (χ1v) is 9.40. The van der Waals surface area contributed by atoms with Gasteiger partial charge in [0, 0.05) is 26.2 Å². The van der Waals surface area contributed by atoms with Crippen molar-refractivity contribution in [1.82, 2.24) is 10.3 Å². The number of amides is 1. The van der Waals surface area contributed by atoms with E-state index in [1.807, 2.05) is 6.07 Å². The number of pyridine rings is 1. The molecule has 0 bridgehead atoms. The second kappa shape index (κ2) is 6.81. The monoisotopic (exact) mass is 340 g/mol. The number of anilines is 2. The van der Waals surface area contributed by atoms with Crippen LogP contribution in [0.3, 0.4) is 0 Å². The third-order valence-electron chi connectivity index (χ3n) is 3.89. The van der Waals surface area contributed by atoms with Crippen LogP contribution >= 0.6 is 0 Å². The van der Waals surface area contributed by atoms with Gasteiger partial charge in [-0.3, -0.25) is 4.79 Å². The summed E-state index contributed by atoms with van der Waals surface area (Å²) in [7, 11) is -3.21. The van der Waals surface area contributed by atoms with Crippen molar-refractivity contribution in [3.63, 3.8) is 0 Å². The van der Waals surface area contributed by atoms with Crippen molar-refractivity contribution in [3.05, 3.63) is 18.3 Å². The first-order valence-electron chi connectivity index (χ1n) is 7.58. The lowest BCUT2D eigenvalue weighted by molar-refractivity contribution is -0.126. The molecule has 3 heterocycles. The predicted molar refractivity (Wildman–Crippen MR) is 86.3 cm³/mol. The van der Waals surface area contributed by atoms with Gasteiger partial charge in [0.15, 0.2) is 15.9 Å². The van der Waals surface area contributed by atoms with Crippen LogP contribution in [0.2, 0.25) is 0 Å². The highest BCUT2D eigenvalue weighted by molar-refractivity contribution is 7.91. The Bertz CT molecular complexity index is 656. The average molecular weight is 340 g/mol. The molecule has 2 fully saturated rings. The van der Waals surface area contributed by atoms with Crippen molar-refractivity contribution in [2.75, 3.05) is 54.5 Å². The van der Waals surface area contributed by atoms with E-state index in [-0.39, 0.29) is 18.1 Å². The number of hydrogen-bond donors (Lipinski definition) is 2. The maximum Gasteiger partial charge on any atom is 0.255 e. The normalized spacial score (nSPS) is 24.2. The number of piperazine rings is 1. The van der Waals surface area contributed by atoms with E-state index in [1.165, 1.54) is 0 Å². The lowest BCUT2D eigenvalue weighted by Crippen LogP contribution is -2.43. The molecule has 1 amide bonds. The Kier molecular flexibility index (Phi) is 4.79. The Labute approximate surface area is 135 Å². The van der Waals surface area contributed by atoms with Gasteiger partial charge in [-0.05, 0) is 12.1 Å². The number of carbonyl (C=O) groups is 1. The molecule has 23 heavy (non-hydrogen) atoms. The highest BCUT2D eigenvalue weighted by atomic mass is 32.2. The maximum absolute atomic E-state index is 12.1. The Morgan fingerprint density at radius 3 is 2.78 bits per heavy atom. The molecule has 1 unspecified atom stereocenters. The van der Waals surface area contributed by atoms with Gasteiger partial charge in [0.25, 0.3) is 5.91 Å². The van der Waals surface area contributed by atoms with Gasteiger partial charge in [0.1, 0.15) is 5.82 Å². The van der Waals surface area contributed by atoms with Gasteiger partial charge in [-0.1, -0.05) is 0 Å². The standard InChI is InChI=1S/C14H20N4O4S/c19-14(12-10-23(20,21)8-7-22-12)17-13-2-1-11(9-16-13)18-5-3-15-4-6-18/h1-2,9,12,15H,3-8,10H2,(H,16,17,19). The molecule has 2 aliphatic rings. The summed E-state index contributed by atoms with van der Waals surface area (Å²) in [5, 5.41) is 5.89. The molecule has 3 rings (SSSR count). The number of ether oxygens (including phenoxy) is 1. The Balaban J connectivity index is 1.60. The second-order valence-corrected chi connectivity index (χ2v) is 7.83. The zero-order chi connectivity index (χ0) is 16.3. The van der Waals surface area contributed by atoms with E-state index in [1.54, 1.807) is 12.3 Å². The maximum atomic E-state index is 12.1. The van der Waals surface area contributed by atoms with Gasteiger partial charge in [-0.15, -0.1) is 0 Å². The number of rotatable bonds is 3. The van der Waals surface area contributed by atoms with Crippen LogP contribution in [0.1, 0.15) is 0 Å². The third kappa shape index (κ3) is 4.18. The fourth-order valence-corrected chi connectivity index (χ4v) is 3.83. The molecule has 2 N–H and O–H groups in total. The van der Waals surface area contributed by atoms with E-state index in [4.69, 9.17) is 4.74 Å². The van der Waals surface area contributed by atoms with Crippen molar-refractivity contribution in [3.8, 4) is 0 Å². The van der Waals surface area contributed by atoms with E-state index in [0.29, 0.717) is 5.82 Å². The number of aromatic nitrogens is 1. The molecule has 0 aliphatic carbocycles. The molecule has 0 radical (unpaired) electrons. The summed E-state index contributed by atoms with van der Waals surface area (Å²) in [6, 6.07) is 3.61. The summed E-state index contributed by atoms with van der Waals surface area (Å²) in [5.74, 6) is -0.400. The van der Waals surface area contributed by atoms with Crippen LogP contribution in [-0.4, -0.2) is 69.7 Å². The molecule has 0 spiro atoms. The molecule has 0 aromatic carbocycles. The van der Waals surface area contributed by atoms with Crippen LogP contribution in [0.5, 0.6) is 0 Å². The lowest BCUT2D eigenvalue weighted by atomic mass is 10.3. The van der Waals surface area contributed by atoms with Crippen LogP contribution in [0.4, 0.5) is 11.5 Å². The molecule has 1 aromatic heterocycles. The smallest absolute Gasteiger partial charge is 0.255 e. The molecule has 8 nitrogen and oxygen atoms in total. The third-order valence-corrected chi connectivity index (χ3v) is 5.49. The average Bonchev–Trinajstić information content (AvgIpc) is 2.55. The summed E-state index contributed by atoms with van der Waals surface area (Å²) in [6.07, 6.45) is 0.739. The van der Waals surface area contributed by atoms with E-state index in [9.17, 15) is 13.2 Å². The van der Waals surface area contributed by atoms with Crippen molar-refractivity contribution >= 4 is 27.2 Å². The van der Waals surface area contributed by atoms with Gasteiger partial charge < -0.3 is 20.3 Å². The minimum Gasteiger partial charge on any atom is -0.368 e. The number of hydrogen-bond acceptors (Lipinski definition) is 7. The molecule has 126 valence electrons. The molecule has 1 atom stereocenters. The Hall–Kier alpha value is -1.71. The topological polar surface area (TPSA) is 101 Å². The van der Waals surface area contributed by atoms with Crippen LogP contribution in [-0.2, 0) is 19.4 Å². The molecule has 2 aliphatic heterocycles. The van der Waals surface area contributed by atoms with Gasteiger partial charge in [-0.2, -0.15) is 0 Å². The number of nitrogens with zero attached hydrogens (tertiary/aromatic N) is 2. The van der Waals surface area contributed by atoms with E-state index in [2.05, 4.69) is 20.5 Å². The molecule has 9 heteroatoms. The molecular weight excluding hydrogens is 320 g/mol. The number of nitrogens with one attached hydrogen (secondary N) is 2. The van der Waals surface area contributed by atoms with Crippen molar-refractivity contribution in [2.24, 2.45) is 0 Å². The summed E-state index contributed by atoms with van der Waals surface area (Å²) in [5.41, 5.74) is 1.00. The first-order chi connectivity index (χ1) is 11.0. The number of carbonyl (C=O) groups excluding carboxylic acids is 1. The minimum atomic E-state index is -3.21. The highest BCUT2D eigenvalue weighted by Crippen LogP contribution is 2.16. The second-order valence-electron chi connectivity index (χ2n) is 5.60. The highest BCUT2D eigenvalue weighted by Gasteiger charge is 2.31. The van der Waals surface area contributed by atoms with Crippen LogP contribution in [0, 0.1) is 0 Å². The molecular formula is C14H20N4O4S. The molecule has 1 aromatic rings. The van der Waals surface area contributed by atoms with Crippen LogP contribution < -0.4 is 15.5 Å². The van der Waals surface area contributed by atoms with Gasteiger partial charge >= 0.3 is 0 Å². The van der Waals surface area contributed by atoms with E-state index >= 15 is 0 Å². The van der Waals surface area contributed by atoms with Gasteiger partial charge in [0.05, 0.1) is 30.0 Å². The molecule has 0 saturated carbocycles. The van der Waals surface area contributed by atoms with Gasteiger partial charge in [-0.25, -0.2) is 13.4 Å². The SMILES string of the molecule is O=C(Nc1ccc(N2CCNCC2)cn1)C1CS(=O)(=O)CCO1. The van der Waals surface area contributed by atoms with Crippen molar-refractivity contribution < 1.29 is 17.9 Å². The fourth-order valence-electron chi connectivity index (χ4n) is 2.61. The zero-order valence-corrected chi connectivity index (χ0v) is 13.5. The summed E-state index contributed by atoms with van der Waals surface area (Å²) < 4.78 is 28.3. The van der Waals surface area contributed by atoms with E-state index < -0.39 is 21.8 Å².